The molecule has 3 aromatic rings. The number of aromatic nitrogens is 1. The second kappa shape index (κ2) is 8.60. The zero-order valence-electron chi connectivity index (χ0n) is 14.7. The van der Waals surface area contributed by atoms with E-state index >= 15 is 0 Å². The van der Waals surface area contributed by atoms with Crippen molar-refractivity contribution in [2.45, 2.75) is 6.54 Å². The molecule has 1 heterocycles. The molecule has 0 unspecified atom stereocenters. The van der Waals surface area contributed by atoms with Gasteiger partial charge in [0.1, 0.15) is 5.75 Å². The van der Waals surface area contributed by atoms with E-state index in [0.29, 0.717) is 18.0 Å². The van der Waals surface area contributed by atoms with Gasteiger partial charge in [-0.1, -0.05) is 41.7 Å². The molecule has 1 amide bonds. The summed E-state index contributed by atoms with van der Waals surface area (Å²) in [6.45, 7) is 1.16. The normalized spacial score (nSPS) is 12.2. The highest BCUT2D eigenvalue weighted by Gasteiger charge is 2.08. The molecule has 0 aliphatic rings. The first-order valence-electron chi connectivity index (χ1n) is 8.19. The van der Waals surface area contributed by atoms with E-state index in [1.807, 2.05) is 53.1 Å². The molecule has 3 rings (SSSR count). The van der Waals surface area contributed by atoms with E-state index in [1.165, 1.54) is 17.4 Å². The first kappa shape index (κ1) is 18.1. The van der Waals surface area contributed by atoms with Gasteiger partial charge in [-0.3, -0.25) is 4.79 Å². The Hall–Kier alpha value is -2.70. The summed E-state index contributed by atoms with van der Waals surface area (Å²) in [5.41, 5.74) is 1.97. The summed E-state index contributed by atoms with van der Waals surface area (Å²) in [6.07, 6.45) is 3.25. The van der Waals surface area contributed by atoms with Crippen LogP contribution >= 0.6 is 11.3 Å². The summed E-state index contributed by atoms with van der Waals surface area (Å²) >= 11 is 1.46. The van der Waals surface area contributed by atoms with Crippen molar-refractivity contribution in [3.05, 3.63) is 65.0 Å². The van der Waals surface area contributed by atoms with Crippen molar-refractivity contribution in [1.82, 2.24) is 4.57 Å². The Balaban J connectivity index is 1.97. The van der Waals surface area contributed by atoms with Crippen molar-refractivity contribution in [3.63, 3.8) is 0 Å². The van der Waals surface area contributed by atoms with Crippen molar-refractivity contribution in [3.8, 4) is 5.75 Å². The molecule has 0 bridgehead atoms. The molecule has 0 aliphatic carbocycles. The van der Waals surface area contributed by atoms with E-state index in [2.05, 4.69) is 4.99 Å². The third kappa shape index (κ3) is 4.28. The Morgan fingerprint density at radius 3 is 2.73 bits per heavy atom. The van der Waals surface area contributed by atoms with Gasteiger partial charge in [0.2, 0.25) is 0 Å². The van der Waals surface area contributed by atoms with E-state index < -0.39 is 0 Å². The molecule has 0 spiro atoms. The van der Waals surface area contributed by atoms with Crippen LogP contribution in [0.3, 0.4) is 0 Å². The average molecular weight is 368 g/mol. The first-order valence-corrected chi connectivity index (χ1v) is 9.01. The van der Waals surface area contributed by atoms with Crippen LogP contribution in [0.5, 0.6) is 5.75 Å². The fourth-order valence-corrected chi connectivity index (χ4v) is 3.62. The zero-order chi connectivity index (χ0) is 18.4. The Labute approximate surface area is 155 Å². The molecule has 5 nitrogen and oxygen atoms in total. The molecule has 0 aliphatic heterocycles. The van der Waals surface area contributed by atoms with Crippen LogP contribution in [-0.2, 0) is 16.1 Å². The summed E-state index contributed by atoms with van der Waals surface area (Å²) < 4.78 is 13.5. The minimum Gasteiger partial charge on any atom is -0.497 e. The predicted molar refractivity (Wildman–Crippen MR) is 104 cm³/mol. The number of nitrogens with zero attached hydrogens (tertiary/aromatic N) is 2. The highest BCUT2D eigenvalue weighted by Crippen LogP contribution is 2.23. The number of hydrogen-bond donors (Lipinski definition) is 0. The smallest absolute Gasteiger partial charge is 0.272 e. The van der Waals surface area contributed by atoms with Gasteiger partial charge in [-0.2, -0.15) is 4.99 Å². The molecule has 0 atom stereocenters. The molecule has 2 aromatic carbocycles. The van der Waals surface area contributed by atoms with E-state index in [9.17, 15) is 4.79 Å². The molecule has 0 fully saturated rings. The van der Waals surface area contributed by atoms with Gasteiger partial charge in [0.25, 0.3) is 5.91 Å². The Morgan fingerprint density at radius 2 is 2.00 bits per heavy atom. The minimum absolute atomic E-state index is 0.293. The number of amides is 1. The first-order chi connectivity index (χ1) is 12.7. The third-order valence-corrected chi connectivity index (χ3v) is 4.87. The van der Waals surface area contributed by atoms with E-state index in [0.717, 1.165) is 21.5 Å². The number of hydrogen-bond acceptors (Lipinski definition) is 4. The predicted octanol–water partition coefficient (Wildman–Crippen LogP) is 3.50. The van der Waals surface area contributed by atoms with Crippen molar-refractivity contribution >= 4 is 33.5 Å². The quantitative estimate of drug-likeness (QED) is 0.626. The summed E-state index contributed by atoms with van der Waals surface area (Å²) in [6, 6.07) is 15.5. The highest BCUT2D eigenvalue weighted by atomic mass is 32.1. The molecular formula is C20H20N2O3S. The maximum Gasteiger partial charge on any atom is 0.272 e. The third-order valence-electron chi connectivity index (χ3n) is 3.83. The van der Waals surface area contributed by atoms with Gasteiger partial charge < -0.3 is 14.0 Å². The van der Waals surface area contributed by atoms with Crippen molar-refractivity contribution in [2.75, 3.05) is 20.8 Å². The summed E-state index contributed by atoms with van der Waals surface area (Å²) in [7, 11) is 3.29. The van der Waals surface area contributed by atoms with Gasteiger partial charge >= 0.3 is 0 Å². The second-order valence-electron chi connectivity index (χ2n) is 5.56. The maximum absolute atomic E-state index is 12.3. The summed E-state index contributed by atoms with van der Waals surface area (Å²) in [5, 5.41) is 0. The molecule has 1 aromatic heterocycles. The van der Waals surface area contributed by atoms with Gasteiger partial charge in [-0.15, -0.1) is 0 Å². The van der Waals surface area contributed by atoms with Crippen molar-refractivity contribution in [1.29, 1.82) is 0 Å². The van der Waals surface area contributed by atoms with Gasteiger partial charge in [-0.05, 0) is 29.8 Å². The monoisotopic (exact) mass is 368 g/mol. The van der Waals surface area contributed by atoms with E-state index in [1.54, 1.807) is 20.3 Å². The standard InChI is InChI=1S/C20H20N2O3S/c1-24-13-12-22-17-10-9-16(25-2)14-18(17)26-20(22)21-19(23)11-8-15-6-4-3-5-7-15/h3-11,14H,12-13H2,1-2H3/b11-8+,21-20?. The van der Waals surface area contributed by atoms with E-state index in [4.69, 9.17) is 9.47 Å². The number of benzene rings is 2. The van der Waals surface area contributed by atoms with Gasteiger partial charge in [-0.25, -0.2) is 0 Å². The molecule has 26 heavy (non-hydrogen) atoms. The highest BCUT2D eigenvalue weighted by molar-refractivity contribution is 7.16. The van der Waals surface area contributed by atoms with Gasteiger partial charge in [0.15, 0.2) is 4.80 Å². The molecular weight excluding hydrogens is 348 g/mol. The van der Waals surface area contributed by atoms with Crippen LogP contribution in [0.2, 0.25) is 0 Å². The molecule has 0 saturated heterocycles. The molecule has 0 saturated carbocycles. The Bertz CT molecular complexity index is 987. The molecule has 0 N–H and O–H groups in total. The van der Waals surface area contributed by atoms with Crippen LogP contribution in [0.4, 0.5) is 0 Å². The SMILES string of the molecule is COCCn1c(=NC(=O)/C=C/c2ccccc2)sc2cc(OC)ccc21. The average Bonchev–Trinajstić information content (AvgIpc) is 3.01. The fourth-order valence-electron chi connectivity index (χ4n) is 2.53. The van der Waals surface area contributed by atoms with Crippen LogP contribution in [-0.4, -0.2) is 31.3 Å². The lowest BCUT2D eigenvalue weighted by atomic mass is 10.2. The second-order valence-corrected chi connectivity index (χ2v) is 6.57. The maximum atomic E-state index is 12.3. The van der Waals surface area contributed by atoms with Crippen LogP contribution in [0.15, 0.2) is 59.6 Å². The number of carbonyl (C=O) groups is 1. The van der Waals surface area contributed by atoms with Crippen LogP contribution in [0.25, 0.3) is 16.3 Å². The largest absolute Gasteiger partial charge is 0.497 e. The van der Waals surface area contributed by atoms with E-state index in [-0.39, 0.29) is 5.91 Å². The lowest BCUT2D eigenvalue weighted by molar-refractivity contribution is -0.113. The van der Waals surface area contributed by atoms with Crippen LogP contribution in [0.1, 0.15) is 5.56 Å². The molecule has 0 radical (unpaired) electrons. The molecule has 134 valence electrons. The number of methoxy groups -OCH3 is 2. The minimum atomic E-state index is -0.293. The number of rotatable bonds is 6. The summed E-state index contributed by atoms with van der Waals surface area (Å²) in [5.74, 6) is 0.484. The van der Waals surface area contributed by atoms with Crippen molar-refractivity contribution in [2.24, 2.45) is 4.99 Å². The summed E-state index contributed by atoms with van der Waals surface area (Å²) in [4.78, 5) is 17.2. The van der Waals surface area contributed by atoms with Crippen LogP contribution < -0.4 is 9.54 Å². The molecule has 6 heteroatoms. The number of fused-ring (bicyclic) bond motifs is 1. The number of ether oxygens (including phenoxy) is 2. The zero-order valence-corrected chi connectivity index (χ0v) is 15.5. The lowest BCUT2D eigenvalue weighted by Crippen LogP contribution is -2.18. The fraction of sp³-hybridized carbons (Fsp3) is 0.200. The van der Waals surface area contributed by atoms with Crippen LogP contribution in [0, 0.1) is 0 Å². The van der Waals surface area contributed by atoms with Gasteiger partial charge in [0, 0.05) is 19.7 Å². The Kier molecular flexibility index (Phi) is 5.99. The van der Waals surface area contributed by atoms with Crippen molar-refractivity contribution < 1.29 is 14.3 Å². The topological polar surface area (TPSA) is 52.8 Å². The number of thiazole rings is 1. The number of carbonyl (C=O) groups excluding carboxylic acids is 1. The lowest BCUT2D eigenvalue weighted by Gasteiger charge is -2.04. The Morgan fingerprint density at radius 1 is 1.19 bits per heavy atom. The van der Waals surface area contributed by atoms with Gasteiger partial charge in [0.05, 0.1) is 23.9 Å².